The van der Waals surface area contributed by atoms with Crippen LogP contribution in [0.4, 0.5) is 0 Å². The second-order valence-corrected chi connectivity index (χ2v) is 4.29. The first-order valence-corrected chi connectivity index (χ1v) is 5.11. The van der Waals surface area contributed by atoms with Gasteiger partial charge in [0.05, 0.1) is 18.1 Å². The van der Waals surface area contributed by atoms with E-state index in [1.54, 1.807) is 12.5 Å². The molecule has 2 rings (SSSR count). The van der Waals surface area contributed by atoms with Crippen LogP contribution in [-0.2, 0) is 6.42 Å². The number of furan rings is 1. The first-order valence-electron chi connectivity index (χ1n) is 5.11. The zero-order valence-corrected chi connectivity index (χ0v) is 8.44. The highest BCUT2D eigenvalue weighted by Gasteiger charge is 2.27. The van der Waals surface area contributed by atoms with Crippen LogP contribution >= 0.6 is 0 Å². The van der Waals surface area contributed by atoms with E-state index in [-0.39, 0.29) is 0 Å². The van der Waals surface area contributed by atoms with Crippen molar-refractivity contribution in [3.05, 3.63) is 36.3 Å². The average molecular weight is 192 g/mol. The molecule has 0 saturated carbocycles. The zero-order chi connectivity index (χ0) is 10.0. The Kier molecular flexibility index (Phi) is 2.46. The van der Waals surface area contributed by atoms with E-state index in [0.29, 0.717) is 12.3 Å². The van der Waals surface area contributed by atoms with Gasteiger partial charge < -0.3 is 9.52 Å². The SMILES string of the molecule is CC1C=CC(O)(Cc2ccoc2)CC1. The summed E-state index contributed by atoms with van der Waals surface area (Å²) in [6, 6.07) is 1.91. The monoisotopic (exact) mass is 192 g/mol. The lowest BCUT2D eigenvalue weighted by Crippen LogP contribution is -2.31. The van der Waals surface area contributed by atoms with Gasteiger partial charge in [0, 0.05) is 6.42 Å². The molecule has 1 aliphatic carbocycles. The first-order chi connectivity index (χ1) is 6.68. The topological polar surface area (TPSA) is 33.4 Å². The van der Waals surface area contributed by atoms with Crippen LogP contribution in [-0.4, -0.2) is 10.7 Å². The van der Waals surface area contributed by atoms with E-state index in [1.807, 2.05) is 12.1 Å². The van der Waals surface area contributed by atoms with Gasteiger partial charge in [-0.15, -0.1) is 0 Å². The second-order valence-electron chi connectivity index (χ2n) is 4.29. The Morgan fingerprint density at radius 3 is 3.07 bits per heavy atom. The van der Waals surface area contributed by atoms with Gasteiger partial charge in [-0.2, -0.15) is 0 Å². The lowest BCUT2D eigenvalue weighted by molar-refractivity contribution is 0.0698. The molecule has 1 aromatic heterocycles. The Morgan fingerprint density at radius 2 is 2.50 bits per heavy atom. The third-order valence-corrected chi connectivity index (χ3v) is 2.86. The summed E-state index contributed by atoms with van der Waals surface area (Å²) in [6.45, 7) is 2.17. The molecule has 14 heavy (non-hydrogen) atoms. The maximum absolute atomic E-state index is 10.2. The Hall–Kier alpha value is -1.02. The molecule has 0 amide bonds. The Labute approximate surface area is 84.2 Å². The van der Waals surface area contributed by atoms with Crippen LogP contribution in [0, 0.1) is 5.92 Å². The summed E-state index contributed by atoms with van der Waals surface area (Å²) in [4.78, 5) is 0. The van der Waals surface area contributed by atoms with E-state index in [9.17, 15) is 5.11 Å². The smallest absolute Gasteiger partial charge is 0.0935 e. The molecule has 0 fully saturated rings. The Balaban J connectivity index is 2.07. The minimum absolute atomic E-state index is 0.597. The molecule has 0 aromatic carbocycles. The van der Waals surface area contributed by atoms with Crippen LogP contribution in [0.1, 0.15) is 25.3 Å². The van der Waals surface area contributed by atoms with Crippen molar-refractivity contribution >= 4 is 0 Å². The van der Waals surface area contributed by atoms with Crippen LogP contribution in [0.25, 0.3) is 0 Å². The largest absolute Gasteiger partial charge is 0.472 e. The van der Waals surface area contributed by atoms with Crippen LogP contribution in [0.2, 0.25) is 0 Å². The molecule has 1 N–H and O–H groups in total. The predicted molar refractivity (Wildman–Crippen MR) is 54.9 cm³/mol. The quantitative estimate of drug-likeness (QED) is 0.730. The summed E-state index contributed by atoms with van der Waals surface area (Å²) in [5.41, 5.74) is 0.405. The van der Waals surface area contributed by atoms with E-state index in [4.69, 9.17) is 4.42 Å². The number of hydrogen-bond acceptors (Lipinski definition) is 2. The van der Waals surface area contributed by atoms with Gasteiger partial charge in [0.2, 0.25) is 0 Å². The van der Waals surface area contributed by atoms with Gasteiger partial charge in [0.25, 0.3) is 0 Å². The fourth-order valence-electron chi connectivity index (χ4n) is 1.89. The first kappa shape index (κ1) is 9.53. The van der Waals surface area contributed by atoms with Crippen molar-refractivity contribution in [1.82, 2.24) is 0 Å². The number of allylic oxidation sites excluding steroid dienone is 1. The van der Waals surface area contributed by atoms with Gasteiger partial charge in [0.15, 0.2) is 0 Å². The molecule has 1 heterocycles. The predicted octanol–water partition coefficient (Wildman–Crippen LogP) is 2.54. The maximum Gasteiger partial charge on any atom is 0.0935 e. The standard InChI is InChI=1S/C12H16O2/c1-10-2-5-12(13,6-3-10)8-11-4-7-14-9-11/h2,4-5,7,9-10,13H,3,6,8H2,1H3. The molecule has 0 saturated heterocycles. The van der Waals surface area contributed by atoms with Crippen molar-refractivity contribution in [2.75, 3.05) is 0 Å². The molecule has 76 valence electrons. The van der Waals surface area contributed by atoms with Gasteiger partial charge >= 0.3 is 0 Å². The minimum Gasteiger partial charge on any atom is -0.472 e. The van der Waals surface area contributed by atoms with Crippen molar-refractivity contribution in [2.45, 2.75) is 31.8 Å². The molecule has 0 aliphatic heterocycles. The lowest BCUT2D eigenvalue weighted by Gasteiger charge is -2.29. The molecule has 1 aromatic rings. The van der Waals surface area contributed by atoms with Crippen molar-refractivity contribution in [3.63, 3.8) is 0 Å². The van der Waals surface area contributed by atoms with Crippen LogP contribution in [0.3, 0.4) is 0 Å². The van der Waals surface area contributed by atoms with Crippen LogP contribution in [0.5, 0.6) is 0 Å². The van der Waals surface area contributed by atoms with Gasteiger partial charge in [-0.3, -0.25) is 0 Å². The fourth-order valence-corrected chi connectivity index (χ4v) is 1.89. The van der Waals surface area contributed by atoms with Gasteiger partial charge in [-0.05, 0) is 30.4 Å². The number of hydrogen-bond donors (Lipinski definition) is 1. The summed E-state index contributed by atoms with van der Waals surface area (Å²) in [6.07, 6.45) is 9.95. The summed E-state index contributed by atoms with van der Waals surface area (Å²) >= 11 is 0. The molecule has 2 atom stereocenters. The highest BCUT2D eigenvalue weighted by Crippen LogP contribution is 2.28. The average Bonchev–Trinajstić information content (AvgIpc) is 2.63. The molecule has 2 heteroatoms. The van der Waals surface area contributed by atoms with Gasteiger partial charge in [-0.25, -0.2) is 0 Å². The molecule has 0 bridgehead atoms. The van der Waals surface area contributed by atoms with Crippen LogP contribution in [0.15, 0.2) is 35.2 Å². The second kappa shape index (κ2) is 3.62. The highest BCUT2D eigenvalue weighted by atomic mass is 16.3. The summed E-state index contributed by atoms with van der Waals surface area (Å²) in [7, 11) is 0. The van der Waals surface area contributed by atoms with E-state index in [0.717, 1.165) is 18.4 Å². The summed E-state index contributed by atoms with van der Waals surface area (Å²) in [5.74, 6) is 0.597. The van der Waals surface area contributed by atoms with Crippen LogP contribution < -0.4 is 0 Å². The molecule has 2 unspecified atom stereocenters. The fraction of sp³-hybridized carbons (Fsp3) is 0.500. The number of aliphatic hydroxyl groups is 1. The van der Waals surface area contributed by atoms with Gasteiger partial charge in [0.1, 0.15) is 0 Å². The van der Waals surface area contributed by atoms with Crippen molar-refractivity contribution in [2.24, 2.45) is 5.92 Å². The Morgan fingerprint density at radius 1 is 1.64 bits per heavy atom. The number of rotatable bonds is 2. The Bertz CT molecular complexity index is 313. The summed E-state index contributed by atoms with van der Waals surface area (Å²) < 4.78 is 4.99. The summed E-state index contributed by atoms with van der Waals surface area (Å²) in [5, 5.41) is 10.2. The molecule has 0 radical (unpaired) electrons. The van der Waals surface area contributed by atoms with E-state index < -0.39 is 5.60 Å². The zero-order valence-electron chi connectivity index (χ0n) is 8.44. The van der Waals surface area contributed by atoms with Gasteiger partial charge in [-0.1, -0.05) is 19.1 Å². The third kappa shape index (κ3) is 2.07. The minimum atomic E-state index is -0.656. The van der Waals surface area contributed by atoms with Crippen molar-refractivity contribution in [3.8, 4) is 0 Å². The lowest BCUT2D eigenvalue weighted by atomic mass is 9.82. The molecule has 1 aliphatic rings. The third-order valence-electron chi connectivity index (χ3n) is 2.86. The van der Waals surface area contributed by atoms with E-state index in [1.165, 1.54) is 0 Å². The maximum atomic E-state index is 10.2. The normalized spacial score (nSPS) is 32.0. The van der Waals surface area contributed by atoms with E-state index in [2.05, 4.69) is 13.0 Å². The molecule has 0 spiro atoms. The highest BCUT2D eigenvalue weighted by molar-refractivity contribution is 5.16. The molecular formula is C12H16O2. The van der Waals surface area contributed by atoms with E-state index >= 15 is 0 Å². The molecule has 2 nitrogen and oxygen atoms in total. The van der Waals surface area contributed by atoms with Crippen molar-refractivity contribution < 1.29 is 9.52 Å². The molecular weight excluding hydrogens is 176 g/mol. The van der Waals surface area contributed by atoms with Crippen molar-refractivity contribution in [1.29, 1.82) is 0 Å².